The summed E-state index contributed by atoms with van der Waals surface area (Å²) < 4.78 is 0. The molecular formula is C16H26O. The van der Waals surface area contributed by atoms with Gasteiger partial charge >= 0.3 is 0 Å². The number of para-hydroxylation sites is 1. The lowest BCUT2D eigenvalue weighted by Crippen LogP contribution is -2.18. The molecule has 1 atom stereocenters. The van der Waals surface area contributed by atoms with Gasteiger partial charge in [-0.05, 0) is 29.9 Å². The molecule has 0 aliphatic rings. The highest BCUT2D eigenvalue weighted by molar-refractivity contribution is 5.32. The summed E-state index contributed by atoms with van der Waals surface area (Å²) in [5.74, 6) is 0.447. The van der Waals surface area contributed by atoms with Gasteiger partial charge in [-0.3, -0.25) is 0 Å². The van der Waals surface area contributed by atoms with E-state index in [0.29, 0.717) is 11.2 Å². The lowest BCUT2D eigenvalue weighted by atomic mass is 9.77. The molecular weight excluding hydrogens is 208 g/mol. The average molecular weight is 234 g/mol. The van der Waals surface area contributed by atoms with Crippen LogP contribution >= 0.6 is 0 Å². The zero-order valence-electron chi connectivity index (χ0n) is 11.5. The van der Waals surface area contributed by atoms with Crippen LogP contribution in [0.15, 0.2) is 24.3 Å². The highest BCUT2D eigenvalue weighted by Gasteiger charge is 2.23. The fraction of sp³-hybridized carbons (Fsp3) is 0.625. The van der Waals surface area contributed by atoms with E-state index in [1.165, 1.54) is 32.1 Å². The van der Waals surface area contributed by atoms with Crippen molar-refractivity contribution in [1.82, 2.24) is 0 Å². The van der Waals surface area contributed by atoms with E-state index in [2.05, 4.69) is 20.8 Å². The van der Waals surface area contributed by atoms with Crippen molar-refractivity contribution in [3.63, 3.8) is 0 Å². The zero-order valence-corrected chi connectivity index (χ0v) is 11.5. The number of phenolic OH excluding ortho intramolecular Hbond substituents is 1. The SMILES string of the molecule is CCCCCC(C)(CC)Cc1ccccc1O. The summed E-state index contributed by atoms with van der Waals surface area (Å²) in [6.07, 6.45) is 7.30. The van der Waals surface area contributed by atoms with Gasteiger partial charge in [0.2, 0.25) is 0 Å². The van der Waals surface area contributed by atoms with E-state index in [4.69, 9.17) is 0 Å². The molecule has 0 heterocycles. The van der Waals surface area contributed by atoms with Crippen LogP contribution in [-0.4, -0.2) is 5.11 Å². The van der Waals surface area contributed by atoms with Crippen molar-refractivity contribution >= 4 is 0 Å². The molecule has 1 N–H and O–H groups in total. The highest BCUT2D eigenvalue weighted by Crippen LogP contribution is 2.34. The fourth-order valence-corrected chi connectivity index (χ4v) is 2.31. The van der Waals surface area contributed by atoms with Crippen molar-refractivity contribution in [3.05, 3.63) is 29.8 Å². The van der Waals surface area contributed by atoms with Crippen LogP contribution in [0.1, 0.15) is 58.4 Å². The number of hydrogen-bond acceptors (Lipinski definition) is 1. The standard InChI is InChI=1S/C16H26O/c1-4-6-9-12-16(3,5-2)13-14-10-7-8-11-15(14)17/h7-8,10-11,17H,4-6,9,12-13H2,1-3H3. The minimum atomic E-state index is 0.327. The monoisotopic (exact) mass is 234 g/mol. The Labute approximate surface area is 106 Å². The van der Waals surface area contributed by atoms with Crippen LogP contribution in [0.5, 0.6) is 5.75 Å². The molecule has 1 nitrogen and oxygen atoms in total. The zero-order chi connectivity index (χ0) is 12.7. The van der Waals surface area contributed by atoms with E-state index in [-0.39, 0.29) is 0 Å². The summed E-state index contributed by atoms with van der Waals surface area (Å²) in [5.41, 5.74) is 1.42. The molecule has 0 bridgehead atoms. The quantitative estimate of drug-likeness (QED) is 0.663. The van der Waals surface area contributed by atoms with Crippen molar-refractivity contribution < 1.29 is 5.11 Å². The van der Waals surface area contributed by atoms with Crippen LogP contribution < -0.4 is 0 Å². The molecule has 1 aromatic carbocycles. The molecule has 0 fully saturated rings. The van der Waals surface area contributed by atoms with E-state index in [9.17, 15) is 5.11 Å². The van der Waals surface area contributed by atoms with Crippen molar-refractivity contribution in [3.8, 4) is 5.75 Å². The van der Waals surface area contributed by atoms with E-state index < -0.39 is 0 Å². The largest absolute Gasteiger partial charge is 0.508 e. The fourth-order valence-electron chi connectivity index (χ4n) is 2.31. The lowest BCUT2D eigenvalue weighted by molar-refractivity contribution is 0.268. The Hall–Kier alpha value is -0.980. The summed E-state index contributed by atoms with van der Waals surface area (Å²) in [6.45, 7) is 6.84. The minimum absolute atomic E-state index is 0.327. The van der Waals surface area contributed by atoms with Gasteiger partial charge in [0.05, 0.1) is 0 Å². The number of hydrogen-bond donors (Lipinski definition) is 1. The van der Waals surface area contributed by atoms with Gasteiger partial charge in [0.15, 0.2) is 0 Å². The van der Waals surface area contributed by atoms with Crippen molar-refractivity contribution in [2.45, 2.75) is 59.3 Å². The molecule has 1 heteroatoms. The molecule has 0 spiro atoms. The maximum Gasteiger partial charge on any atom is 0.118 e. The molecule has 0 amide bonds. The average Bonchev–Trinajstić information content (AvgIpc) is 2.33. The molecule has 0 radical (unpaired) electrons. The Kier molecular flexibility index (Phi) is 5.54. The minimum Gasteiger partial charge on any atom is -0.508 e. The van der Waals surface area contributed by atoms with E-state index in [1.807, 2.05) is 18.2 Å². The summed E-state index contributed by atoms with van der Waals surface area (Å²) >= 11 is 0. The van der Waals surface area contributed by atoms with Crippen LogP contribution in [0.2, 0.25) is 0 Å². The second-order valence-electron chi connectivity index (χ2n) is 5.43. The molecule has 0 saturated carbocycles. The first kappa shape index (κ1) is 14.1. The number of rotatable bonds is 7. The van der Waals surface area contributed by atoms with Crippen molar-refractivity contribution in [1.29, 1.82) is 0 Å². The lowest BCUT2D eigenvalue weighted by Gasteiger charge is -2.28. The summed E-state index contributed by atoms with van der Waals surface area (Å²) in [7, 11) is 0. The summed E-state index contributed by atoms with van der Waals surface area (Å²) in [6, 6.07) is 7.73. The van der Waals surface area contributed by atoms with Gasteiger partial charge in [0.25, 0.3) is 0 Å². The first-order valence-corrected chi connectivity index (χ1v) is 6.88. The Morgan fingerprint density at radius 2 is 1.82 bits per heavy atom. The van der Waals surface area contributed by atoms with Gasteiger partial charge in [-0.25, -0.2) is 0 Å². The number of benzene rings is 1. The second kappa shape index (κ2) is 6.68. The third-order valence-corrected chi connectivity index (χ3v) is 3.85. The molecule has 0 aliphatic heterocycles. The summed E-state index contributed by atoms with van der Waals surface area (Å²) in [4.78, 5) is 0. The maximum absolute atomic E-state index is 9.84. The molecule has 1 rings (SSSR count). The van der Waals surface area contributed by atoms with Crippen LogP contribution in [-0.2, 0) is 6.42 Å². The van der Waals surface area contributed by atoms with Gasteiger partial charge in [-0.2, -0.15) is 0 Å². The van der Waals surface area contributed by atoms with Crippen LogP contribution in [0.25, 0.3) is 0 Å². The van der Waals surface area contributed by atoms with Gasteiger partial charge in [-0.15, -0.1) is 0 Å². The van der Waals surface area contributed by atoms with E-state index in [1.54, 1.807) is 6.07 Å². The third kappa shape index (κ3) is 4.41. The number of unbranched alkanes of at least 4 members (excludes halogenated alkanes) is 2. The predicted molar refractivity (Wildman–Crippen MR) is 74.4 cm³/mol. The molecule has 96 valence electrons. The Balaban J connectivity index is 2.65. The summed E-state index contributed by atoms with van der Waals surface area (Å²) in [5, 5.41) is 9.84. The Morgan fingerprint density at radius 3 is 2.41 bits per heavy atom. The number of phenols is 1. The van der Waals surface area contributed by atoms with E-state index >= 15 is 0 Å². The molecule has 0 aromatic heterocycles. The first-order valence-electron chi connectivity index (χ1n) is 6.88. The van der Waals surface area contributed by atoms with Crippen molar-refractivity contribution in [2.75, 3.05) is 0 Å². The van der Waals surface area contributed by atoms with Crippen LogP contribution in [0.4, 0.5) is 0 Å². The Morgan fingerprint density at radius 1 is 1.12 bits per heavy atom. The first-order chi connectivity index (χ1) is 8.11. The maximum atomic E-state index is 9.84. The van der Waals surface area contributed by atoms with Crippen LogP contribution in [0.3, 0.4) is 0 Å². The van der Waals surface area contributed by atoms with E-state index in [0.717, 1.165) is 12.0 Å². The van der Waals surface area contributed by atoms with Gasteiger partial charge in [-0.1, -0.05) is 64.7 Å². The van der Waals surface area contributed by atoms with Crippen molar-refractivity contribution in [2.24, 2.45) is 5.41 Å². The topological polar surface area (TPSA) is 20.2 Å². The molecule has 1 unspecified atom stereocenters. The third-order valence-electron chi connectivity index (χ3n) is 3.85. The molecule has 1 aromatic rings. The number of aromatic hydroxyl groups is 1. The second-order valence-corrected chi connectivity index (χ2v) is 5.43. The molecule has 17 heavy (non-hydrogen) atoms. The smallest absolute Gasteiger partial charge is 0.118 e. The highest BCUT2D eigenvalue weighted by atomic mass is 16.3. The molecule has 0 aliphatic carbocycles. The predicted octanol–water partition coefficient (Wildman–Crippen LogP) is 4.93. The molecule has 0 saturated heterocycles. The van der Waals surface area contributed by atoms with Gasteiger partial charge < -0.3 is 5.11 Å². The van der Waals surface area contributed by atoms with Gasteiger partial charge in [0, 0.05) is 0 Å². The van der Waals surface area contributed by atoms with Gasteiger partial charge in [0.1, 0.15) is 5.75 Å². The van der Waals surface area contributed by atoms with Crippen LogP contribution in [0, 0.1) is 5.41 Å². The normalized spacial score (nSPS) is 14.5. The Bertz CT molecular complexity index is 332.